The van der Waals surface area contributed by atoms with Gasteiger partial charge in [-0.2, -0.15) is 0 Å². The van der Waals surface area contributed by atoms with Gasteiger partial charge in [0.05, 0.1) is 16.7 Å². The van der Waals surface area contributed by atoms with Crippen LogP contribution in [0.4, 0.5) is 0 Å². The van der Waals surface area contributed by atoms with Gasteiger partial charge in [-0.15, -0.1) is 0 Å². The van der Waals surface area contributed by atoms with Crippen LogP contribution in [0.1, 0.15) is 27.7 Å². The molecule has 7 unspecified atom stereocenters. The Hall–Kier alpha value is -1.79. The molecule has 0 aromatic heterocycles. The van der Waals surface area contributed by atoms with Crippen molar-refractivity contribution >= 4 is 17.9 Å². The average molecular weight is 453 g/mol. The van der Waals surface area contributed by atoms with E-state index < -0.39 is 93.9 Å². The van der Waals surface area contributed by atoms with E-state index in [0.717, 1.165) is 0 Å². The highest BCUT2D eigenvalue weighted by molar-refractivity contribution is 5.94. The summed E-state index contributed by atoms with van der Waals surface area (Å²) in [7, 11) is 1.66. The Labute approximate surface area is 183 Å². The van der Waals surface area contributed by atoms with Gasteiger partial charge in [0.25, 0.3) is 0 Å². The highest BCUT2D eigenvalue weighted by Gasteiger charge is 3.05. The summed E-state index contributed by atoms with van der Waals surface area (Å²) < 4.78 is 22.8. The summed E-state index contributed by atoms with van der Waals surface area (Å²) in [6.45, 7) is 7.11. The van der Waals surface area contributed by atoms with Crippen LogP contribution >= 0.6 is 0 Å². The first-order valence-electron chi connectivity index (χ1n) is 10.9. The van der Waals surface area contributed by atoms with Gasteiger partial charge in [0.1, 0.15) is 12.2 Å². The van der Waals surface area contributed by atoms with Crippen LogP contribution < -0.4 is 5.32 Å². The van der Waals surface area contributed by atoms with Gasteiger partial charge in [0.15, 0.2) is 17.8 Å². The summed E-state index contributed by atoms with van der Waals surface area (Å²) in [5.41, 5.74) is -8.63. The second kappa shape index (κ2) is 5.30. The lowest BCUT2D eigenvalue weighted by Crippen LogP contribution is -2.67. The molecule has 0 aromatic carbocycles. The highest BCUT2D eigenvalue weighted by atomic mass is 16.8. The van der Waals surface area contributed by atoms with Crippen molar-refractivity contribution in [2.45, 2.75) is 75.6 Å². The van der Waals surface area contributed by atoms with Crippen molar-refractivity contribution in [3.05, 3.63) is 0 Å². The summed E-state index contributed by atoms with van der Waals surface area (Å²) in [6.07, 6.45) is -7.47. The SMILES string of the molecule is CN[C@@H]1C(C(C)(C)C)C23C(OC(=O)[C@@H]2O)OC24C(=O)OC1C32[C@@H](O)C1OC(=O)[C@@H](C)[C@@]14O. The first-order chi connectivity index (χ1) is 14.8. The predicted molar refractivity (Wildman–Crippen MR) is 100 cm³/mol. The Bertz CT molecular complexity index is 978. The number of fused-ring (bicyclic) bond motifs is 1. The van der Waals surface area contributed by atoms with Crippen LogP contribution in [0.2, 0.25) is 0 Å². The zero-order valence-electron chi connectivity index (χ0n) is 18.3. The number of aliphatic hydroxyl groups is 3. The molecule has 0 radical (unpaired) electrons. The number of hydrogen-bond donors (Lipinski definition) is 4. The molecule has 4 N–H and O–H groups in total. The van der Waals surface area contributed by atoms with Gasteiger partial charge in [-0.25, -0.2) is 9.59 Å². The zero-order valence-corrected chi connectivity index (χ0v) is 18.3. The lowest BCUT2D eigenvalue weighted by Gasteiger charge is -2.47. The van der Waals surface area contributed by atoms with Crippen LogP contribution in [0.25, 0.3) is 0 Å². The van der Waals surface area contributed by atoms with E-state index in [0.29, 0.717) is 0 Å². The molecule has 6 rings (SSSR count). The maximum atomic E-state index is 13.6. The topological polar surface area (TPSA) is 161 Å². The molecule has 2 saturated carbocycles. The third kappa shape index (κ3) is 1.49. The number of ether oxygens (including phenoxy) is 4. The predicted octanol–water partition coefficient (Wildman–Crippen LogP) is -2.17. The quantitative estimate of drug-likeness (QED) is 0.253. The fourth-order valence-electron chi connectivity index (χ4n) is 8.64. The summed E-state index contributed by atoms with van der Waals surface area (Å²) in [5.74, 6) is -4.54. The van der Waals surface area contributed by atoms with E-state index in [-0.39, 0.29) is 0 Å². The second-order valence-electron chi connectivity index (χ2n) is 11.1. The number of nitrogens with one attached hydrogen (secondary N) is 1. The van der Waals surface area contributed by atoms with Gasteiger partial charge >= 0.3 is 17.9 Å². The molecule has 12 atom stereocenters. The van der Waals surface area contributed by atoms with Gasteiger partial charge in [0.2, 0.25) is 11.9 Å². The second-order valence-corrected chi connectivity index (χ2v) is 11.1. The summed E-state index contributed by atoms with van der Waals surface area (Å²) >= 11 is 0. The molecule has 6 fully saturated rings. The minimum absolute atomic E-state index is 0.602. The van der Waals surface area contributed by atoms with Crippen molar-refractivity contribution in [1.29, 1.82) is 0 Å². The van der Waals surface area contributed by atoms with Crippen molar-refractivity contribution in [2.24, 2.45) is 28.1 Å². The van der Waals surface area contributed by atoms with Crippen LogP contribution in [0.3, 0.4) is 0 Å². The van der Waals surface area contributed by atoms with E-state index in [1.807, 2.05) is 20.8 Å². The van der Waals surface area contributed by atoms with Crippen molar-refractivity contribution in [3.8, 4) is 0 Å². The molecule has 4 aliphatic heterocycles. The molecule has 0 bridgehead atoms. The molecular formula is C21H27NO10. The van der Waals surface area contributed by atoms with Gasteiger partial charge in [-0.1, -0.05) is 20.8 Å². The van der Waals surface area contributed by atoms with E-state index in [1.165, 1.54) is 6.92 Å². The van der Waals surface area contributed by atoms with E-state index in [2.05, 4.69) is 5.32 Å². The van der Waals surface area contributed by atoms with Crippen LogP contribution in [-0.2, 0) is 33.3 Å². The third-order valence-corrected chi connectivity index (χ3v) is 9.32. The van der Waals surface area contributed by atoms with Crippen LogP contribution in [0.5, 0.6) is 0 Å². The molecule has 2 spiro atoms. The molecule has 4 heterocycles. The van der Waals surface area contributed by atoms with Crippen molar-refractivity contribution < 1.29 is 48.7 Å². The summed E-state index contributed by atoms with van der Waals surface area (Å²) in [5, 5.41) is 38.3. The van der Waals surface area contributed by atoms with Crippen LogP contribution in [0, 0.1) is 28.1 Å². The Morgan fingerprint density at radius 1 is 1.00 bits per heavy atom. The fraction of sp³-hybridized carbons (Fsp3) is 0.857. The molecule has 4 saturated heterocycles. The molecule has 6 aliphatic rings. The van der Waals surface area contributed by atoms with Crippen molar-refractivity contribution in [3.63, 3.8) is 0 Å². The number of aliphatic hydroxyl groups excluding tert-OH is 2. The Morgan fingerprint density at radius 3 is 2.25 bits per heavy atom. The largest absolute Gasteiger partial charge is 0.458 e. The highest BCUT2D eigenvalue weighted by Crippen LogP contribution is 2.84. The Balaban J connectivity index is 1.75. The molecule has 2 aliphatic carbocycles. The number of rotatable bonds is 1. The number of esters is 3. The molecule has 0 aromatic rings. The number of carbonyl (C=O) groups excluding carboxylic acids is 3. The van der Waals surface area contributed by atoms with Gasteiger partial charge < -0.3 is 39.6 Å². The van der Waals surface area contributed by atoms with E-state index in [9.17, 15) is 29.7 Å². The normalized spacial score (nSPS) is 59.4. The Morgan fingerprint density at radius 2 is 1.66 bits per heavy atom. The van der Waals surface area contributed by atoms with Gasteiger partial charge in [-0.05, 0) is 25.3 Å². The molecule has 0 amide bonds. The summed E-state index contributed by atoms with van der Waals surface area (Å²) in [4.78, 5) is 38.8. The number of hydrogen-bond acceptors (Lipinski definition) is 11. The first kappa shape index (κ1) is 20.8. The molecular weight excluding hydrogens is 426 g/mol. The van der Waals surface area contributed by atoms with Crippen molar-refractivity contribution in [2.75, 3.05) is 7.05 Å². The van der Waals surface area contributed by atoms with E-state index >= 15 is 0 Å². The maximum absolute atomic E-state index is 13.6. The lowest BCUT2D eigenvalue weighted by molar-refractivity contribution is -0.240. The van der Waals surface area contributed by atoms with Crippen molar-refractivity contribution in [1.82, 2.24) is 5.32 Å². The summed E-state index contributed by atoms with van der Waals surface area (Å²) in [6, 6.07) is -0.626. The minimum Gasteiger partial charge on any atom is -0.458 e. The van der Waals surface area contributed by atoms with Gasteiger partial charge in [0, 0.05) is 6.04 Å². The fourth-order valence-corrected chi connectivity index (χ4v) is 8.64. The smallest absolute Gasteiger partial charge is 0.343 e. The first-order valence-corrected chi connectivity index (χ1v) is 10.9. The van der Waals surface area contributed by atoms with Crippen LogP contribution in [-0.4, -0.2) is 88.2 Å². The average Bonchev–Trinajstić information content (AvgIpc) is 3.40. The number of carbonyl (C=O) groups is 3. The molecule has 11 heteroatoms. The maximum Gasteiger partial charge on any atom is 0.343 e. The number of likely N-dealkylation sites (N-methyl/N-ethyl adjacent to an activating group) is 1. The van der Waals surface area contributed by atoms with E-state index in [4.69, 9.17) is 18.9 Å². The standard InChI is InChI=1S/C21H27NO10/c1-6-13(25)29-12-9(23)19-11-7(22-5)8(17(2,3)4)18(19)10(24)14(26)31-16(18)32-21(19,15(27)30-11)20(6,12)28/h6-12,16,22-24,28H,1-5H3/t6-,7-,8?,9+,10+,11?,12?,16?,18?,19?,20-,21?/m1/s1. The van der Waals surface area contributed by atoms with Gasteiger partial charge in [-0.3, -0.25) is 4.79 Å². The third-order valence-electron chi connectivity index (χ3n) is 9.32. The monoisotopic (exact) mass is 453 g/mol. The zero-order chi connectivity index (χ0) is 23.4. The molecule has 11 nitrogen and oxygen atoms in total. The molecule has 176 valence electrons. The Kier molecular flexibility index (Phi) is 3.45. The molecule has 32 heavy (non-hydrogen) atoms. The van der Waals surface area contributed by atoms with Crippen LogP contribution in [0.15, 0.2) is 0 Å². The minimum atomic E-state index is -2.29. The lowest BCUT2D eigenvalue weighted by atomic mass is 9.51. The van der Waals surface area contributed by atoms with E-state index in [1.54, 1.807) is 7.05 Å².